The van der Waals surface area contributed by atoms with Crippen molar-refractivity contribution in [3.63, 3.8) is 0 Å². The Hall–Kier alpha value is -2.90. The zero-order chi connectivity index (χ0) is 18.0. The Labute approximate surface area is 143 Å². The van der Waals surface area contributed by atoms with E-state index in [-0.39, 0.29) is 24.7 Å². The SMILES string of the molecule is Cc1ccc(COC(=O)N2CCCn3nc(C(=O)O)cc3C2)cc1F. The summed E-state index contributed by atoms with van der Waals surface area (Å²) in [6.07, 6.45) is 0.120. The van der Waals surface area contributed by atoms with Gasteiger partial charge in [0.15, 0.2) is 5.69 Å². The standard InChI is InChI=1S/C17H18FN3O4/c1-11-3-4-12(7-14(11)18)10-25-17(24)20-5-2-6-21-13(9-20)8-15(19-21)16(22)23/h3-4,7-8H,2,5-6,9-10H2,1H3,(H,22,23). The lowest BCUT2D eigenvalue weighted by atomic mass is 10.1. The van der Waals surface area contributed by atoms with Crippen LogP contribution >= 0.6 is 0 Å². The van der Waals surface area contributed by atoms with Crippen LogP contribution in [0, 0.1) is 12.7 Å². The van der Waals surface area contributed by atoms with E-state index in [1.54, 1.807) is 23.7 Å². The topological polar surface area (TPSA) is 84.7 Å². The minimum Gasteiger partial charge on any atom is -0.476 e. The summed E-state index contributed by atoms with van der Waals surface area (Å²) in [7, 11) is 0. The predicted octanol–water partition coefficient (Wildman–Crippen LogP) is 2.57. The van der Waals surface area contributed by atoms with Gasteiger partial charge in [0.2, 0.25) is 0 Å². The van der Waals surface area contributed by atoms with Crippen LogP contribution in [0.4, 0.5) is 9.18 Å². The molecule has 25 heavy (non-hydrogen) atoms. The normalized spacial score (nSPS) is 13.9. The van der Waals surface area contributed by atoms with Crippen molar-refractivity contribution in [2.75, 3.05) is 6.54 Å². The fraction of sp³-hybridized carbons (Fsp3) is 0.353. The number of ether oxygens (including phenoxy) is 1. The molecule has 1 aromatic heterocycles. The third-order valence-corrected chi connectivity index (χ3v) is 4.09. The summed E-state index contributed by atoms with van der Waals surface area (Å²) < 4.78 is 20.4. The maximum absolute atomic E-state index is 13.5. The van der Waals surface area contributed by atoms with E-state index < -0.39 is 12.1 Å². The molecule has 1 aromatic carbocycles. The third kappa shape index (κ3) is 3.78. The van der Waals surface area contributed by atoms with Gasteiger partial charge in [0.25, 0.3) is 0 Å². The maximum atomic E-state index is 13.5. The van der Waals surface area contributed by atoms with E-state index in [1.165, 1.54) is 17.0 Å². The average Bonchev–Trinajstić information content (AvgIpc) is 2.88. The van der Waals surface area contributed by atoms with Gasteiger partial charge in [-0.2, -0.15) is 5.10 Å². The van der Waals surface area contributed by atoms with E-state index in [0.29, 0.717) is 36.3 Å². The Morgan fingerprint density at radius 2 is 2.12 bits per heavy atom. The number of halogens is 1. The van der Waals surface area contributed by atoms with Gasteiger partial charge in [0.05, 0.1) is 12.2 Å². The molecule has 2 heterocycles. The molecule has 8 heteroatoms. The zero-order valence-electron chi connectivity index (χ0n) is 13.7. The van der Waals surface area contributed by atoms with Gasteiger partial charge in [-0.05, 0) is 36.6 Å². The number of hydrogen-bond acceptors (Lipinski definition) is 4. The van der Waals surface area contributed by atoms with Crippen molar-refractivity contribution in [2.45, 2.75) is 33.0 Å². The van der Waals surface area contributed by atoms with Crippen LogP contribution in [0.25, 0.3) is 0 Å². The summed E-state index contributed by atoms with van der Waals surface area (Å²) in [6, 6.07) is 6.15. The van der Waals surface area contributed by atoms with Crippen molar-refractivity contribution >= 4 is 12.1 Å². The van der Waals surface area contributed by atoms with Crippen molar-refractivity contribution in [1.82, 2.24) is 14.7 Å². The lowest BCUT2D eigenvalue weighted by Gasteiger charge is -2.19. The quantitative estimate of drug-likeness (QED) is 0.922. The van der Waals surface area contributed by atoms with E-state index in [4.69, 9.17) is 9.84 Å². The lowest BCUT2D eigenvalue weighted by molar-refractivity contribution is 0.0689. The Bertz CT molecular complexity index is 818. The minimum absolute atomic E-state index is 0.0217. The summed E-state index contributed by atoms with van der Waals surface area (Å²) in [5.74, 6) is -1.44. The molecule has 1 aliphatic heterocycles. The third-order valence-electron chi connectivity index (χ3n) is 4.09. The fourth-order valence-electron chi connectivity index (χ4n) is 2.69. The van der Waals surface area contributed by atoms with Gasteiger partial charge >= 0.3 is 12.1 Å². The van der Waals surface area contributed by atoms with Crippen LogP contribution in [0.3, 0.4) is 0 Å². The second-order valence-corrected chi connectivity index (χ2v) is 5.96. The van der Waals surface area contributed by atoms with E-state index in [2.05, 4.69) is 5.10 Å². The van der Waals surface area contributed by atoms with Gasteiger partial charge in [-0.15, -0.1) is 0 Å². The molecule has 0 unspecified atom stereocenters. The predicted molar refractivity (Wildman–Crippen MR) is 85.5 cm³/mol. The Morgan fingerprint density at radius 1 is 1.32 bits per heavy atom. The molecule has 0 spiro atoms. The monoisotopic (exact) mass is 347 g/mol. The fourth-order valence-corrected chi connectivity index (χ4v) is 2.69. The van der Waals surface area contributed by atoms with Gasteiger partial charge in [-0.25, -0.2) is 14.0 Å². The summed E-state index contributed by atoms with van der Waals surface area (Å²) in [5, 5.41) is 13.0. The number of carboxylic acid groups (broad SMARTS) is 1. The van der Waals surface area contributed by atoms with E-state index in [0.717, 1.165) is 0 Å². The van der Waals surface area contributed by atoms with Crippen molar-refractivity contribution in [2.24, 2.45) is 0 Å². The van der Waals surface area contributed by atoms with Crippen molar-refractivity contribution < 1.29 is 23.8 Å². The number of hydrogen-bond donors (Lipinski definition) is 1. The van der Waals surface area contributed by atoms with Gasteiger partial charge in [-0.3, -0.25) is 4.68 Å². The Kier molecular flexibility index (Phi) is 4.69. The maximum Gasteiger partial charge on any atom is 0.410 e. The van der Waals surface area contributed by atoms with Gasteiger partial charge in [-0.1, -0.05) is 12.1 Å². The smallest absolute Gasteiger partial charge is 0.410 e. The van der Waals surface area contributed by atoms with Crippen LogP contribution in [0.2, 0.25) is 0 Å². The summed E-state index contributed by atoms with van der Waals surface area (Å²) in [4.78, 5) is 24.8. The lowest BCUT2D eigenvalue weighted by Crippen LogP contribution is -2.31. The number of benzene rings is 1. The summed E-state index contributed by atoms with van der Waals surface area (Å²) in [6.45, 7) is 2.88. The molecule has 1 N–H and O–H groups in total. The molecule has 0 aliphatic carbocycles. The highest BCUT2D eigenvalue weighted by atomic mass is 19.1. The highest BCUT2D eigenvalue weighted by Gasteiger charge is 2.23. The van der Waals surface area contributed by atoms with Crippen LogP contribution in [-0.4, -0.2) is 38.4 Å². The molecule has 1 aliphatic rings. The largest absolute Gasteiger partial charge is 0.476 e. The highest BCUT2D eigenvalue weighted by Crippen LogP contribution is 2.16. The number of aryl methyl sites for hydroxylation is 2. The number of fused-ring (bicyclic) bond motifs is 1. The first-order valence-electron chi connectivity index (χ1n) is 7.91. The average molecular weight is 347 g/mol. The molecule has 0 saturated carbocycles. The van der Waals surface area contributed by atoms with E-state index in [1.807, 2.05) is 0 Å². The van der Waals surface area contributed by atoms with Crippen LogP contribution in [0.15, 0.2) is 24.3 Å². The van der Waals surface area contributed by atoms with Crippen LogP contribution < -0.4 is 0 Å². The van der Waals surface area contributed by atoms with Crippen LogP contribution in [0.5, 0.6) is 0 Å². The molecular formula is C17H18FN3O4. The molecule has 3 rings (SSSR count). The second kappa shape index (κ2) is 6.92. The van der Waals surface area contributed by atoms with Gasteiger partial charge < -0.3 is 14.7 Å². The molecule has 7 nitrogen and oxygen atoms in total. The number of carbonyl (C=O) groups excluding carboxylic acids is 1. The van der Waals surface area contributed by atoms with Crippen molar-refractivity contribution in [3.8, 4) is 0 Å². The molecule has 0 saturated heterocycles. The number of carbonyl (C=O) groups is 2. The number of aromatic nitrogens is 2. The number of nitrogens with zero attached hydrogens (tertiary/aromatic N) is 3. The second-order valence-electron chi connectivity index (χ2n) is 5.96. The highest BCUT2D eigenvalue weighted by molar-refractivity contribution is 5.85. The number of amides is 1. The summed E-state index contributed by atoms with van der Waals surface area (Å²) in [5.41, 5.74) is 1.71. The molecule has 132 valence electrons. The van der Waals surface area contributed by atoms with Crippen LogP contribution in [-0.2, 0) is 24.4 Å². The molecule has 0 bridgehead atoms. The zero-order valence-corrected chi connectivity index (χ0v) is 13.7. The molecule has 0 fully saturated rings. The summed E-state index contributed by atoms with van der Waals surface area (Å²) >= 11 is 0. The Balaban J connectivity index is 1.65. The van der Waals surface area contributed by atoms with Gasteiger partial charge in [0.1, 0.15) is 12.4 Å². The van der Waals surface area contributed by atoms with Crippen molar-refractivity contribution in [1.29, 1.82) is 0 Å². The van der Waals surface area contributed by atoms with E-state index >= 15 is 0 Å². The van der Waals surface area contributed by atoms with Crippen molar-refractivity contribution in [3.05, 3.63) is 52.6 Å². The van der Waals surface area contributed by atoms with E-state index in [9.17, 15) is 14.0 Å². The minimum atomic E-state index is -1.10. The van der Waals surface area contributed by atoms with Crippen LogP contribution in [0.1, 0.15) is 33.7 Å². The number of carboxylic acids is 1. The molecule has 1 amide bonds. The first kappa shape index (κ1) is 16.9. The molecule has 0 atom stereocenters. The molecular weight excluding hydrogens is 329 g/mol. The molecule has 0 radical (unpaired) electrons. The van der Waals surface area contributed by atoms with Gasteiger partial charge in [0, 0.05) is 13.1 Å². The number of aromatic carboxylic acids is 1. The first-order valence-corrected chi connectivity index (χ1v) is 7.91. The molecule has 2 aromatic rings. The first-order chi connectivity index (χ1) is 11.9. The number of rotatable bonds is 3. The Morgan fingerprint density at radius 3 is 2.84 bits per heavy atom.